The van der Waals surface area contributed by atoms with Gasteiger partial charge in [-0.25, -0.2) is 4.98 Å². The summed E-state index contributed by atoms with van der Waals surface area (Å²) in [5.41, 5.74) is 1.13. The van der Waals surface area contributed by atoms with Gasteiger partial charge in [0.25, 0.3) is 0 Å². The maximum Gasteiger partial charge on any atom is 0.109 e. The summed E-state index contributed by atoms with van der Waals surface area (Å²) >= 11 is 0. The molecule has 2 aliphatic rings. The van der Waals surface area contributed by atoms with E-state index >= 15 is 0 Å². The summed E-state index contributed by atoms with van der Waals surface area (Å²) in [6, 6.07) is 0.240. The minimum absolute atomic E-state index is 0.225. The van der Waals surface area contributed by atoms with E-state index in [4.69, 9.17) is 4.74 Å². The second kappa shape index (κ2) is 4.78. The molecule has 1 aromatic rings. The van der Waals surface area contributed by atoms with Crippen molar-refractivity contribution in [1.29, 1.82) is 0 Å². The average molecular weight is 236 g/mol. The van der Waals surface area contributed by atoms with Crippen molar-refractivity contribution in [3.8, 4) is 0 Å². The number of aliphatic hydroxyl groups excluding tert-OH is 1. The molecule has 0 aliphatic carbocycles. The number of aromatic nitrogens is 2. The van der Waals surface area contributed by atoms with Gasteiger partial charge in [-0.15, -0.1) is 0 Å². The molecule has 0 amide bonds. The normalized spacial score (nSPS) is 28.3. The standard InChI is InChI=1S/C13H20N2O2/c16-9-11-3-1-5-13-14-10(8-15(11)13)7-12-4-2-6-17-12/h8,11-12,16H,1-7,9H2. The number of ether oxygens (including phenoxy) is 1. The highest BCUT2D eigenvalue weighted by Crippen LogP contribution is 2.25. The van der Waals surface area contributed by atoms with Crippen LogP contribution in [0.4, 0.5) is 0 Å². The van der Waals surface area contributed by atoms with Gasteiger partial charge in [0.15, 0.2) is 0 Å². The summed E-state index contributed by atoms with van der Waals surface area (Å²) in [5.74, 6) is 1.14. The third-order valence-corrected chi connectivity index (χ3v) is 3.86. The molecule has 1 fully saturated rings. The maximum absolute atomic E-state index is 9.36. The molecule has 1 saturated heterocycles. The fourth-order valence-corrected chi connectivity index (χ4v) is 2.94. The summed E-state index contributed by atoms with van der Waals surface area (Å²) in [5, 5.41) is 9.36. The number of imidazole rings is 1. The molecule has 4 nitrogen and oxygen atoms in total. The van der Waals surface area contributed by atoms with Gasteiger partial charge in [0, 0.05) is 25.6 Å². The topological polar surface area (TPSA) is 47.3 Å². The van der Waals surface area contributed by atoms with Crippen LogP contribution in [-0.2, 0) is 17.6 Å². The molecule has 2 aliphatic heterocycles. The van der Waals surface area contributed by atoms with Crippen molar-refractivity contribution in [1.82, 2.24) is 9.55 Å². The van der Waals surface area contributed by atoms with Crippen LogP contribution in [0.1, 0.15) is 43.2 Å². The van der Waals surface area contributed by atoms with Crippen LogP contribution in [0.25, 0.3) is 0 Å². The summed E-state index contributed by atoms with van der Waals surface area (Å²) in [7, 11) is 0. The molecule has 0 saturated carbocycles. The van der Waals surface area contributed by atoms with Crippen LogP contribution in [0, 0.1) is 0 Å². The van der Waals surface area contributed by atoms with Crippen molar-refractivity contribution in [2.45, 2.75) is 50.7 Å². The van der Waals surface area contributed by atoms with E-state index in [-0.39, 0.29) is 12.6 Å². The van der Waals surface area contributed by atoms with Crippen LogP contribution in [-0.4, -0.2) is 34.0 Å². The van der Waals surface area contributed by atoms with Crippen LogP contribution >= 0.6 is 0 Å². The van der Waals surface area contributed by atoms with Gasteiger partial charge in [-0.05, 0) is 25.7 Å². The zero-order valence-electron chi connectivity index (χ0n) is 10.1. The molecule has 4 heteroatoms. The Labute approximate surface area is 102 Å². The monoisotopic (exact) mass is 236 g/mol. The van der Waals surface area contributed by atoms with E-state index in [0.717, 1.165) is 50.2 Å². The van der Waals surface area contributed by atoms with Gasteiger partial charge in [-0.3, -0.25) is 0 Å². The van der Waals surface area contributed by atoms with Crippen molar-refractivity contribution in [3.63, 3.8) is 0 Å². The van der Waals surface area contributed by atoms with Gasteiger partial charge in [0.2, 0.25) is 0 Å². The second-order valence-corrected chi connectivity index (χ2v) is 5.12. The lowest BCUT2D eigenvalue weighted by molar-refractivity contribution is 0.110. The highest BCUT2D eigenvalue weighted by molar-refractivity contribution is 5.09. The van der Waals surface area contributed by atoms with Crippen molar-refractivity contribution in [3.05, 3.63) is 17.7 Å². The number of hydrogen-bond donors (Lipinski definition) is 1. The first-order valence-electron chi connectivity index (χ1n) is 6.66. The number of fused-ring (bicyclic) bond motifs is 1. The number of aryl methyl sites for hydroxylation is 1. The van der Waals surface area contributed by atoms with Crippen LogP contribution in [0.2, 0.25) is 0 Å². The Morgan fingerprint density at radius 1 is 1.41 bits per heavy atom. The largest absolute Gasteiger partial charge is 0.394 e. The summed E-state index contributed by atoms with van der Waals surface area (Å²) in [6.07, 6.45) is 9.00. The molecule has 2 atom stereocenters. The zero-order valence-corrected chi connectivity index (χ0v) is 10.1. The lowest BCUT2D eigenvalue weighted by Crippen LogP contribution is -2.20. The van der Waals surface area contributed by atoms with Gasteiger partial charge in [0.05, 0.1) is 24.4 Å². The number of nitrogens with zero attached hydrogens (tertiary/aromatic N) is 2. The van der Waals surface area contributed by atoms with E-state index in [1.807, 2.05) is 0 Å². The lowest BCUT2D eigenvalue weighted by Gasteiger charge is -2.22. The molecule has 17 heavy (non-hydrogen) atoms. The third kappa shape index (κ3) is 2.24. The molecule has 0 radical (unpaired) electrons. The van der Waals surface area contributed by atoms with Gasteiger partial charge in [-0.1, -0.05) is 0 Å². The van der Waals surface area contributed by atoms with E-state index < -0.39 is 0 Å². The molecule has 3 heterocycles. The second-order valence-electron chi connectivity index (χ2n) is 5.12. The number of rotatable bonds is 3. The van der Waals surface area contributed by atoms with E-state index in [0.29, 0.717) is 6.10 Å². The Morgan fingerprint density at radius 3 is 3.12 bits per heavy atom. The van der Waals surface area contributed by atoms with Crippen molar-refractivity contribution < 1.29 is 9.84 Å². The molecule has 0 spiro atoms. The summed E-state index contributed by atoms with van der Waals surface area (Å²) < 4.78 is 7.82. The van der Waals surface area contributed by atoms with Crippen molar-refractivity contribution in [2.24, 2.45) is 0 Å². The predicted molar refractivity (Wildman–Crippen MR) is 64.0 cm³/mol. The minimum Gasteiger partial charge on any atom is -0.394 e. The molecule has 2 unspecified atom stereocenters. The van der Waals surface area contributed by atoms with Crippen LogP contribution in [0.15, 0.2) is 6.20 Å². The van der Waals surface area contributed by atoms with E-state index in [2.05, 4.69) is 15.7 Å². The molecule has 1 aromatic heterocycles. The van der Waals surface area contributed by atoms with Gasteiger partial charge < -0.3 is 14.4 Å². The smallest absolute Gasteiger partial charge is 0.109 e. The molecule has 0 aromatic carbocycles. The summed E-state index contributed by atoms with van der Waals surface area (Å²) in [4.78, 5) is 4.68. The fourth-order valence-electron chi connectivity index (χ4n) is 2.94. The van der Waals surface area contributed by atoms with Gasteiger partial charge in [-0.2, -0.15) is 0 Å². The average Bonchev–Trinajstić information content (AvgIpc) is 2.97. The predicted octanol–water partition coefficient (Wildman–Crippen LogP) is 1.47. The first kappa shape index (κ1) is 11.2. The van der Waals surface area contributed by atoms with Gasteiger partial charge >= 0.3 is 0 Å². The Bertz CT molecular complexity index is 383. The van der Waals surface area contributed by atoms with Crippen LogP contribution in [0.5, 0.6) is 0 Å². The quantitative estimate of drug-likeness (QED) is 0.864. The molecule has 1 N–H and O–H groups in total. The minimum atomic E-state index is 0.225. The Morgan fingerprint density at radius 2 is 2.35 bits per heavy atom. The lowest BCUT2D eigenvalue weighted by atomic mass is 10.1. The summed E-state index contributed by atoms with van der Waals surface area (Å²) in [6.45, 7) is 1.13. The molecule has 3 rings (SSSR count). The molecule has 94 valence electrons. The van der Waals surface area contributed by atoms with E-state index in [1.165, 1.54) is 6.42 Å². The van der Waals surface area contributed by atoms with E-state index in [9.17, 15) is 5.11 Å². The van der Waals surface area contributed by atoms with Crippen LogP contribution < -0.4 is 0 Å². The number of hydrogen-bond acceptors (Lipinski definition) is 3. The Balaban J connectivity index is 1.75. The SMILES string of the molecule is OCC1CCCc2nc(CC3CCCO3)cn21. The fraction of sp³-hybridized carbons (Fsp3) is 0.769. The number of aliphatic hydroxyl groups is 1. The molecular formula is C13H20N2O2. The highest BCUT2D eigenvalue weighted by atomic mass is 16.5. The van der Waals surface area contributed by atoms with E-state index in [1.54, 1.807) is 0 Å². The Kier molecular flexibility index (Phi) is 3.16. The van der Waals surface area contributed by atoms with Crippen molar-refractivity contribution >= 4 is 0 Å². The first-order valence-corrected chi connectivity index (χ1v) is 6.66. The molecular weight excluding hydrogens is 216 g/mol. The zero-order chi connectivity index (χ0) is 11.7. The first-order chi connectivity index (χ1) is 8.36. The maximum atomic E-state index is 9.36. The third-order valence-electron chi connectivity index (χ3n) is 3.86. The Hall–Kier alpha value is -0.870. The van der Waals surface area contributed by atoms with Crippen molar-refractivity contribution in [2.75, 3.05) is 13.2 Å². The van der Waals surface area contributed by atoms with Crippen LogP contribution in [0.3, 0.4) is 0 Å². The van der Waals surface area contributed by atoms with Gasteiger partial charge in [0.1, 0.15) is 5.82 Å². The highest BCUT2D eigenvalue weighted by Gasteiger charge is 2.23. The molecule has 0 bridgehead atoms.